The largest absolute Gasteiger partial charge is 0.459 e. The summed E-state index contributed by atoms with van der Waals surface area (Å²) in [6, 6.07) is 7.53. The number of ether oxygens (including phenoxy) is 1. The minimum atomic E-state index is -0.989. The minimum Gasteiger partial charge on any atom is -0.459 e. The van der Waals surface area contributed by atoms with Crippen LogP contribution in [-0.4, -0.2) is 17.1 Å². The van der Waals surface area contributed by atoms with Crippen molar-refractivity contribution in [2.75, 3.05) is 0 Å². The molecular weight excluding hydrogens is 298 g/mol. The van der Waals surface area contributed by atoms with Gasteiger partial charge in [0, 0.05) is 5.02 Å². The molecule has 0 aliphatic heterocycles. The topological polar surface area (TPSA) is 52.3 Å². The van der Waals surface area contributed by atoms with Crippen LogP contribution in [0, 0.1) is 0 Å². The van der Waals surface area contributed by atoms with E-state index < -0.39 is 11.1 Å². The van der Waals surface area contributed by atoms with Gasteiger partial charge in [0.05, 0.1) is 0 Å². The van der Waals surface area contributed by atoms with Crippen molar-refractivity contribution in [2.24, 2.45) is 5.73 Å². The quantitative estimate of drug-likeness (QED) is 0.779. The normalized spacial score (nSPS) is 14.8. The zero-order valence-corrected chi connectivity index (χ0v) is 14.6. The van der Waals surface area contributed by atoms with Crippen molar-refractivity contribution >= 4 is 23.6 Å². The van der Waals surface area contributed by atoms with E-state index in [2.05, 4.69) is 0 Å². The van der Waals surface area contributed by atoms with Gasteiger partial charge in [-0.15, -0.1) is 0 Å². The lowest BCUT2D eigenvalue weighted by molar-refractivity contribution is -0.161. The number of halogens is 1. The van der Waals surface area contributed by atoms with Gasteiger partial charge in [-0.05, 0) is 51.3 Å². The third-order valence-corrected chi connectivity index (χ3v) is 3.38. The third kappa shape index (κ3) is 6.20. The molecule has 0 radical (unpaired) electrons. The maximum Gasteiger partial charge on any atom is 0.326 e. The Morgan fingerprint density at radius 3 is 2.59 bits per heavy atom. The Labute approximate surface area is 138 Å². The number of hydrogen-bond acceptors (Lipinski definition) is 3. The molecule has 0 bridgehead atoms. The molecule has 0 aromatic heterocycles. The van der Waals surface area contributed by atoms with Gasteiger partial charge in [0.1, 0.15) is 11.1 Å². The van der Waals surface area contributed by atoms with Crippen LogP contribution >= 0.6 is 11.6 Å². The Balaban J connectivity index is 2.80. The third-order valence-electron chi connectivity index (χ3n) is 3.14. The Bertz CT molecular complexity index is 534. The highest BCUT2D eigenvalue weighted by Crippen LogP contribution is 2.22. The summed E-state index contributed by atoms with van der Waals surface area (Å²) in [5.74, 6) is -0.349. The van der Waals surface area contributed by atoms with Crippen molar-refractivity contribution in [3.63, 3.8) is 0 Å². The Morgan fingerprint density at radius 1 is 1.36 bits per heavy atom. The zero-order valence-electron chi connectivity index (χ0n) is 13.9. The summed E-state index contributed by atoms with van der Waals surface area (Å²) in [4.78, 5) is 12.4. The molecule has 4 heteroatoms. The van der Waals surface area contributed by atoms with Gasteiger partial charge in [0.15, 0.2) is 0 Å². The molecule has 1 atom stereocenters. The fourth-order valence-electron chi connectivity index (χ4n) is 2.13. The van der Waals surface area contributed by atoms with Gasteiger partial charge in [0.2, 0.25) is 0 Å². The molecule has 0 heterocycles. The molecule has 2 N–H and O–H groups in total. The lowest BCUT2D eigenvalue weighted by Crippen LogP contribution is -2.50. The summed E-state index contributed by atoms with van der Waals surface area (Å²) >= 11 is 5.95. The monoisotopic (exact) mass is 323 g/mol. The molecule has 0 amide bonds. The SMILES string of the molecule is CCCC(N)(C/C=C/c1cccc(Cl)c1)C(=O)OC(C)(C)C. The highest BCUT2D eigenvalue weighted by Gasteiger charge is 2.35. The van der Waals surface area contributed by atoms with Crippen molar-refractivity contribution in [1.29, 1.82) is 0 Å². The van der Waals surface area contributed by atoms with Crippen molar-refractivity contribution in [3.05, 3.63) is 40.9 Å². The number of carbonyl (C=O) groups is 1. The lowest BCUT2D eigenvalue weighted by Gasteiger charge is -2.30. The molecule has 1 aromatic rings. The predicted molar refractivity (Wildman–Crippen MR) is 92.8 cm³/mol. The highest BCUT2D eigenvalue weighted by molar-refractivity contribution is 6.30. The number of nitrogens with two attached hydrogens (primary N) is 1. The number of benzene rings is 1. The summed E-state index contributed by atoms with van der Waals surface area (Å²) in [5, 5.41) is 0.682. The van der Waals surface area contributed by atoms with Crippen molar-refractivity contribution in [3.8, 4) is 0 Å². The summed E-state index contributed by atoms with van der Waals surface area (Å²) < 4.78 is 5.46. The molecule has 0 saturated carbocycles. The molecule has 1 rings (SSSR count). The first kappa shape index (κ1) is 18.7. The van der Waals surface area contributed by atoms with E-state index >= 15 is 0 Å². The second kappa shape index (κ2) is 7.80. The van der Waals surface area contributed by atoms with Crippen LogP contribution in [0.3, 0.4) is 0 Å². The van der Waals surface area contributed by atoms with E-state index in [1.54, 1.807) is 0 Å². The molecule has 122 valence electrons. The first-order chi connectivity index (χ1) is 10.2. The van der Waals surface area contributed by atoms with E-state index in [-0.39, 0.29) is 5.97 Å². The molecule has 0 spiro atoms. The van der Waals surface area contributed by atoms with Crippen LogP contribution in [0.25, 0.3) is 6.08 Å². The van der Waals surface area contributed by atoms with Gasteiger partial charge in [-0.25, -0.2) is 0 Å². The fraction of sp³-hybridized carbons (Fsp3) is 0.500. The van der Waals surface area contributed by atoms with Crippen molar-refractivity contribution in [2.45, 2.75) is 58.1 Å². The van der Waals surface area contributed by atoms with E-state index in [1.807, 2.05) is 64.1 Å². The van der Waals surface area contributed by atoms with Crippen molar-refractivity contribution in [1.82, 2.24) is 0 Å². The summed E-state index contributed by atoms with van der Waals surface area (Å²) in [5.41, 5.74) is 5.76. The maximum atomic E-state index is 12.4. The van der Waals surface area contributed by atoms with E-state index in [1.165, 1.54) is 0 Å². The van der Waals surface area contributed by atoms with E-state index in [0.717, 1.165) is 12.0 Å². The fourth-order valence-corrected chi connectivity index (χ4v) is 2.33. The van der Waals surface area contributed by atoms with E-state index in [9.17, 15) is 4.79 Å². The van der Waals surface area contributed by atoms with Gasteiger partial charge < -0.3 is 10.5 Å². The second-order valence-electron chi connectivity index (χ2n) is 6.57. The van der Waals surface area contributed by atoms with Crippen LogP contribution < -0.4 is 5.73 Å². The molecule has 0 aliphatic rings. The smallest absolute Gasteiger partial charge is 0.326 e. The van der Waals surface area contributed by atoms with Gasteiger partial charge in [-0.1, -0.05) is 49.2 Å². The molecule has 1 unspecified atom stereocenters. The van der Waals surface area contributed by atoms with Crippen LogP contribution in [0.15, 0.2) is 30.3 Å². The molecular formula is C18H26ClNO2. The molecule has 3 nitrogen and oxygen atoms in total. The van der Waals surface area contributed by atoms with Crippen LogP contribution in [0.5, 0.6) is 0 Å². The molecule has 0 aliphatic carbocycles. The van der Waals surface area contributed by atoms with Crippen LogP contribution in [0.2, 0.25) is 5.02 Å². The van der Waals surface area contributed by atoms with E-state index in [0.29, 0.717) is 17.9 Å². The average molecular weight is 324 g/mol. The number of carbonyl (C=O) groups excluding carboxylic acids is 1. The summed E-state index contributed by atoms with van der Waals surface area (Å²) in [6.07, 6.45) is 5.67. The molecule has 0 saturated heterocycles. The van der Waals surface area contributed by atoms with Crippen LogP contribution in [-0.2, 0) is 9.53 Å². The summed E-state index contributed by atoms with van der Waals surface area (Å²) in [6.45, 7) is 7.55. The van der Waals surface area contributed by atoms with Gasteiger partial charge >= 0.3 is 5.97 Å². The Hall–Kier alpha value is -1.32. The van der Waals surface area contributed by atoms with Crippen LogP contribution in [0.4, 0.5) is 0 Å². The number of esters is 1. The van der Waals surface area contributed by atoms with Crippen molar-refractivity contribution < 1.29 is 9.53 Å². The van der Waals surface area contributed by atoms with E-state index in [4.69, 9.17) is 22.1 Å². The molecule has 0 fully saturated rings. The standard InChI is InChI=1S/C18H26ClNO2/c1-5-11-18(20,16(21)22-17(2,3)4)12-7-9-14-8-6-10-15(19)13-14/h6-10,13H,5,11-12,20H2,1-4H3/b9-7+. The minimum absolute atomic E-state index is 0.349. The molecule has 1 aromatic carbocycles. The number of hydrogen-bond donors (Lipinski definition) is 1. The Morgan fingerprint density at radius 2 is 2.05 bits per heavy atom. The summed E-state index contributed by atoms with van der Waals surface area (Å²) in [7, 11) is 0. The van der Waals surface area contributed by atoms with Crippen LogP contribution in [0.1, 0.15) is 52.5 Å². The molecule has 22 heavy (non-hydrogen) atoms. The maximum absolute atomic E-state index is 12.4. The van der Waals surface area contributed by atoms with Gasteiger partial charge in [0.25, 0.3) is 0 Å². The zero-order chi connectivity index (χ0) is 16.8. The average Bonchev–Trinajstić information content (AvgIpc) is 2.37. The van der Waals surface area contributed by atoms with Gasteiger partial charge in [-0.2, -0.15) is 0 Å². The first-order valence-corrected chi connectivity index (χ1v) is 7.98. The number of rotatable bonds is 6. The second-order valence-corrected chi connectivity index (χ2v) is 7.01. The highest BCUT2D eigenvalue weighted by atomic mass is 35.5. The van der Waals surface area contributed by atoms with Gasteiger partial charge in [-0.3, -0.25) is 4.79 Å². The predicted octanol–water partition coefficient (Wildman–Crippen LogP) is 4.58. The lowest BCUT2D eigenvalue weighted by atomic mass is 9.90. The Kier molecular flexibility index (Phi) is 6.64. The first-order valence-electron chi connectivity index (χ1n) is 7.61.